The SMILES string of the molecule is CNC(C(=O)NCc1nc2cc(Cl)ccc2s1)c1cnn(C)c1.Cl. The molecule has 1 amide bonds. The summed E-state index contributed by atoms with van der Waals surface area (Å²) in [4.78, 5) is 16.9. The van der Waals surface area contributed by atoms with Gasteiger partial charge in [0.2, 0.25) is 5.91 Å². The van der Waals surface area contributed by atoms with E-state index in [1.165, 1.54) is 0 Å². The average molecular weight is 386 g/mol. The van der Waals surface area contributed by atoms with Gasteiger partial charge >= 0.3 is 0 Å². The maximum Gasteiger partial charge on any atom is 0.242 e. The molecule has 0 saturated carbocycles. The Hall–Kier alpha value is -1.67. The van der Waals surface area contributed by atoms with Crippen LogP contribution < -0.4 is 10.6 Å². The van der Waals surface area contributed by atoms with Crippen LogP contribution in [0.3, 0.4) is 0 Å². The standard InChI is InChI=1S/C15H16ClN5OS.ClH/c1-17-14(9-6-19-21(2)8-9)15(22)18-7-13-20-11-5-10(16)3-4-12(11)23-13;/h3-6,8,14,17H,7H2,1-2H3,(H,18,22);1H. The number of carbonyl (C=O) groups is 1. The summed E-state index contributed by atoms with van der Waals surface area (Å²) in [5.74, 6) is -0.113. The second kappa shape index (κ2) is 7.94. The highest BCUT2D eigenvalue weighted by Gasteiger charge is 2.20. The Kier molecular flexibility index (Phi) is 6.17. The number of benzene rings is 1. The van der Waals surface area contributed by atoms with E-state index in [2.05, 4.69) is 20.7 Å². The molecule has 9 heteroatoms. The van der Waals surface area contributed by atoms with Gasteiger partial charge in [-0.2, -0.15) is 5.10 Å². The number of amides is 1. The number of halogens is 2. The summed E-state index contributed by atoms with van der Waals surface area (Å²) in [6, 6.07) is 5.16. The highest BCUT2D eigenvalue weighted by atomic mass is 35.5. The van der Waals surface area contributed by atoms with Crippen molar-refractivity contribution in [3.63, 3.8) is 0 Å². The molecule has 0 fully saturated rings. The predicted molar refractivity (Wildman–Crippen MR) is 98.7 cm³/mol. The summed E-state index contributed by atoms with van der Waals surface area (Å²) in [6.45, 7) is 0.383. The molecule has 0 saturated heterocycles. The van der Waals surface area contributed by atoms with Crippen molar-refractivity contribution in [3.05, 3.63) is 46.2 Å². The number of aryl methyl sites for hydroxylation is 1. The van der Waals surface area contributed by atoms with Crippen LogP contribution in [-0.2, 0) is 18.4 Å². The molecule has 3 rings (SSSR count). The lowest BCUT2D eigenvalue weighted by Gasteiger charge is -2.13. The van der Waals surface area contributed by atoms with Crippen molar-refractivity contribution in [2.45, 2.75) is 12.6 Å². The van der Waals surface area contributed by atoms with Gasteiger partial charge in [0.1, 0.15) is 11.0 Å². The molecule has 1 unspecified atom stereocenters. The first-order valence-corrected chi connectivity index (χ1v) is 8.25. The van der Waals surface area contributed by atoms with Gasteiger partial charge in [-0.05, 0) is 25.2 Å². The van der Waals surface area contributed by atoms with Crippen molar-refractivity contribution in [1.82, 2.24) is 25.4 Å². The Bertz CT molecular complexity index is 847. The highest BCUT2D eigenvalue weighted by Crippen LogP contribution is 2.25. The van der Waals surface area contributed by atoms with E-state index in [0.717, 1.165) is 20.8 Å². The molecular weight excluding hydrogens is 369 g/mol. The lowest BCUT2D eigenvalue weighted by atomic mass is 10.1. The Morgan fingerprint density at radius 2 is 2.25 bits per heavy atom. The van der Waals surface area contributed by atoms with Gasteiger partial charge < -0.3 is 10.6 Å². The fourth-order valence-electron chi connectivity index (χ4n) is 2.33. The summed E-state index contributed by atoms with van der Waals surface area (Å²) in [7, 11) is 3.57. The van der Waals surface area contributed by atoms with Crippen molar-refractivity contribution >= 4 is 51.5 Å². The van der Waals surface area contributed by atoms with E-state index >= 15 is 0 Å². The maximum atomic E-state index is 12.4. The topological polar surface area (TPSA) is 71.8 Å². The molecule has 0 aliphatic heterocycles. The Morgan fingerprint density at radius 1 is 1.46 bits per heavy atom. The number of thiazole rings is 1. The molecule has 0 aliphatic carbocycles. The van der Waals surface area contributed by atoms with Gasteiger partial charge in [0.05, 0.1) is 23.0 Å². The molecule has 2 N–H and O–H groups in total. The van der Waals surface area contributed by atoms with Crippen LogP contribution in [0.5, 0.6) is 0 Å². The zero-order valence-electron chi connectivity index (χ0n) is 13.1. The fourth-order valence-corrected chi connectivity index (χ4v) is 3.38. The molecule has 0 spiro atoms. The number of fused-ring (bicyclic) bond motifs is 1. The van der Waals surface area contributed by atoms with Crippen LogP contribution in [0.15, 0.2) is 30.6 Å². The summed E-state index contributed by atoms with van der Waals surface area (Å²) >= 11 is 7.51. The molecule has 6 nitrogen and oxygen atoms in total. The predicted octanol–water partition coefficient (Wildman–Crippen LogP) is 2.68. The Labute approximate surface area is 154 Å². The minimum Gasteiger partial charge on any atom is -0.348 e. The monoisotopic (exact) mass is 385 g/mol. The smallest absolute Gasteiger partial charge is 0.242 e. The van der Waals surface area contributed by atoms with Crippen LogP contribution >= 0.6 is 35.3 Å². The third-order valence-electron chi connectivity index (χ3n) is 3.42. The van der Waals surface area contributed by atoms with Gasteiger partial charge in [0.25, 0.3) is 0 Å². The van der Waals surface area contributed by atoms with Crippen molar-refractivity contribution in [1.29, 1.82) is 0 Å². The summed E-state index contributed by atoms with van der Waals surface area (Å²) in [5.41, 5.74) is 1.67. The largest absolute Gasteiger partial charge is 0.348 e. The van der Waals surface area contributed by atoms with E-state index < -0.39 is 6.04 Å². The van der Waals surface area contributed by atoms with Crippen LogP contribution in [0.25, 0.3) is 10.2 Å². The van der Waals surface area contributed by atoms with Crippen molar-refractivity contribution < 1.29 is 4.79 Å². The van der Waals surface area contributed by atoms with E-state index in [1.54, 1.807) is 29.3 Å². The lowest BCUT2D eigenvalue weighted by molar-refractivity contribution is -0.123. The molecule has 2 aromatic heterocycles. The zero-order chi connectivity index (χ0) is 16.4. The van der Waals surface area contributed by atoms with Gasteiger partial charge in [-0.25, -0.2) is 4.98 Å². The first-order chi connectivity index (χ1) is 11.1. The molecule has 1 atom stereocenters. The first-order valence-electron chi connectivity index (χ1n) is 7.05. The molecule has 128 valence electrons. The molecule has 2 heterocycles. The number of nitrogens with zero attached hydrogens (tertiary/aromatic N) is 3. The summed E-state index contributed by atoms with van der Waals surface area (Å²) in [6.07, 6.45) is 3.50. The van der Waals surface area contributed by atoms with Crippen LogP contribution in [0.2, 0.25) is 5.02 Å². The average Bonchev–Trinajstić information content (AvgIpc) is 3.11. The Balaban J connectivity index is 0.00000208. The van der Waals surface area contributed by atoms with Crippen LogP contribution in [0, 0.1) is 0 Å². The maximum absolute atomic E-state index is 12.4. The van der Waals surface area contributed by atoms with Crippen LogP contribution in [0.1, 0.15) is 16.6 Å². The number of aromatic nitrogens is 3. The van der Waals surface area contributed by atoms with Crippen molar-refractivity contribution in [3.8, 4) is 0 Å². The van der Waals surface area contributed by atoms with E-state index in [1.807, 2.05) is 31.4 Å². The number of hydrogen-bond donors (Lipinski definition) is 2. The van der Waals surface area contributed by atoms with Gasteiger partial charge in [0, 0.05) is 23.8 Å². The number of hydrogen-bond acceptors (Lipinski definition) is 5. The van der Waals surface area contributed by atoms with E-state index in [0.29, 0.717) is 11.6 Å². The molecule has 3 aromatic rings. The quantitative estimate of drug-likeness (QED) is 0.707. The lowest BCUT2D eigenvalue weighted by Crippen LogP contribution is -2.35. The van der Waals surface area contributed by atoms with E-state index in [-0.39, 0.29) is 18.3 Å². The number of likely N-dealkylation sites (N-methyl/N-ethyl adjacent to an activating group) is 1. The van der Waals surface area contributed by atoms with Gasteiger partial charge in [-0.3, -0.25) is 9.48 Å². The molecule has 0 radical (unpaired) electrons. The van der Waals surface area contributed by atoms with Gasteiger partial charge in [-0.1, -0.05) is 11.6 Å². The van der Waals surface area contributed by atoms with Crippen LogP contribution in [0.4, 0.5) is 0 Å². The first kappa shape index (κ1) is 18.7. The third-order valence-corrected chi connectivity index (χ3v) is 4.69. The van der Waals surface area contributed by atoms with Gasteiger partial charge in [-0.15, -0.1) is 23.7 Å². The normalized spacial score (nSPS) is 12.0. The van der Waals surface area contributed by atoms with Crippen molar-refractivity contribution in [2.75, 3.05) is 7.05 Å². The number of nitrogens with one attached hydrogen (secondary N) is 2. The second-order valence-corrected chi connectivity index (χ2v) is 6.66. The highest BCUT2D eigenvalue weighted by molar-refractivity contribution is 7.18. The number of carbonyl (C=O) groups excluding carboxylic acids is 1. The summed E-state index contributed by atoms with van der Waals surface area (Å²) < 4.78 is 2.72. The van der Waals surface area contributed by atoms with E-state index in [4.69, 9.17) is 11.6 Å². The van der Waals surface area contributed by atoms with Crippen molar-refractivity contribution in [2.24, 2.45) is 7.05 Å². The van der Waals surface area contributed by atoms with Gasteiger partial charge in [0.15, 0.2) is 0 Å². The van der Waals surface area contributed by atoms with E-state index in [9.17, 15) is 4.79 Å². The minimum atomic E-state index is -0.437. The molecule has 0 aliphatic rings. The van der Waals surface area contributed by atoms with Crippen LogP contribution in [-0.4, -0.2) is 27.7 Å². The summed E-state index contributed by atoms with van der Waals surface area (Å²) in [5, 5.41) is 11.5. The fraction of sp³-hybridized carbons (Fsp3) is 0.267. The minimum absolute atomic E-state index is 0. The molecule has 0 bridgehead atoms. The third kappa shape index (κ3) is 4.05. The zero-order valence-corrected chi connectivity index (χ0v) is 15.5. The molecule has 24 heavy (non-hydrogen) atoms. The second-order valence-electron chi connectivity index (χ2n) is 5.11. The molecular formula is C15H17Cl2N5OS. The molecule has 1 aromatic carbocycles. The Morgan fingerprint density at radius 3 is 2.92 bits per heavy atom. The number of rotatable bonds is 5.